The van der Waals surface area contributed by atoms with Gasteiger partial charge in [-0.25, -0.2) is 0 Å². The standard InChI is InChI=1S/C12H17N3O4/c1-18-10-8-9(19-14-10)12(17)13-5-3-7-15-6-2-4-11(15)16/h8H,2-7H2,1H3,(H,13,17). The van der Waals surface area contributed by atoms with E-state index in [0.717, 1.165) is 19.4 Å². The number of likely N-dealkylation sites (tertiary alicyclic amines) is 1. The first-order valence-electron chi connectivity index (χ1n) is 6.27. The predicted molar refractivity (Wildman–Crippen MR) is 65.8 cm³/mol. The highest BCUT2D eigenvalue weighted by Gasteiger charge is 2.19. The van der Waals surface area contributed by atoms with Gasteiger partial charge in [0.05, 0.1) is 13.2 Å². The second-order valence-electron chi connectivity index (χ2n) is 4.33. The van der Waals surface area contributed by atoms with Crippen molar-refractivity contribution in [2.45, 2.75) is 19.3 Å². The third-order valence-electron chi connectivity index (χ3n) is 2.98. The summed E-state index contributed by atoms with van der Waals surface area (Å²) in [7, 11) is 1.45. The summed E-state index contributed by atoms with van der Waals surface area (Å²) >= 11 is 0. The number of methoxy groups -OCH3 is 1. The molecule has 2 amide bonds. The summed E-state index contributed by atoms with van der Waals surface area (Å²) in [5, 5.41) is 6.25. The third-order valence-corrected chi connectivity index (χ3v) is 2.98. The number of amides is 2. The van der Waals surface area contributed by atoms with Gasteiger partial charge in [-0.05, 0) is 18.0 Å². The summed E-state index contributed by atoms with van der Waals surface area (Å²) in [5.41, 5.74) is 0. The minimum Gasteiger partial charge on any atom is -0.479 e. The molecule has 0 aliphatic carbocycles. The lowest BCUT2D eigenvalue weighted by molar-refractivity contribution is -0.127. The maximum absolute atomic E-state index is 11.7. The second kappa shape index (κ2) is 6.21. The zero-order valence-corrected chi connectivity index (χ0v) is 10.8. The SMILES string of the molecule is COc1cc(C(=O)NCCCN2CCCC2=O)on1. The number of hydrogen-bond acceptors (Lipinski definition) is 5. The van der Waals surface area contributed by atoms with Crippen LogP contribution in [-0.4, -0.2) is 48.6 Å². The summed E-state index contributed by atoms with van der Waals surface area (Å²) in [5.74, 6) is 0.261. The normalized spacial score (nSPS) is 14.8. The van der Waals surface area contributed by atoms with Gasteiger partial charge in [-0.3, -0.25) is 9.59 Å². The number of rotatable bonds is 6. The molecule has 1 saturated heterocycles. The maximum Gasteiger partial charge on any atom is 0.290 e. The Balaban J connectivity index is 1.67. The Kier molecular flexibility index (Phi) is 4.38. The molecular formula is C12H17N3O4. The first-order valence-corrected chi connectivity index (χ1v) is 6.27. The predicted octanol–water partition coefficient (Wildman–Crippen LogP) is 0.425. The van der Waals surface area contributed by atoms with Crippen LogP contribution < -0.4 is 10.1 Å². The van der Waals surface area contributed by atoms with Crippen LogP contribution in [0, 0.1) is 0 Å². The quantitative estimate of drug-likeness (QED) is 0.755. The first-order chi connectivity index (χ1) is 9.20. The lowest BCUT2D eigenvalue weighted by Gasteiger charge is -2.14. The van der Waals surface area contributed by atoms with E-state index in [2.05, 4.69) is 10.5 Å². The van der Waals surface area contributed by atoms with Crippen LogP contribution in [0.5, 0.6) is 5.88 Å². The molecule has 0 saturated carbocycles. The minimum atomic E-state index is -0.330. The van der Waals surface area contributed by atoms with E-state index in [9.17, 15) is 9.59 Å². The van der Waals surface area contributed by atoms with E-state index in [-0.39, 0.29) is 23.5 Å². The molecule has 0 radical (unpaired) electrons. The molecular weight excluding hydrogens is 250 g/mol. The van der Waals surface area contributed by atoms with Gasteiger partial charge < -0.3 is 19.5 Å². The molecule has 7 nitrogen and oxygen atoms in total. The van der Waals surface area contributed by atoms with Gasteiger partial charge >= 0.3 is 0 Å². The molecule has 0 aromatic carbocycles. The fourth-order valence-electron chi connectivity index (χ4n) is 1.96. The Morgan fingerprint density at radius 3 is 3.11 bits per heavy atom. The number of carbonyl (C=O) groups excluding carboxylic acids is 2. The van der Waals surface area contributed by atoms with Gasteiger partial charge in [0.25, 0.3) is 11.8 Å². The molecule has 104 valence electrons. The van der Waals surface area contributed by atoms with Crippen LogP contribution in [-0.2, 0) is 4.79 Å². The van der Waals surface area contributed by atoms with Crippen molar-refractivity contribution in [3.05, 3.63) is 11.8 Å². The van der Waals surface area contributed by atoms with E-state index in [1.54, 1.807) is 0 Å². The van der Waals surface area contributed by atoms with Crippen molar-refractivity contribution < 1.29 is 18.8 Å². The molecule has 2 rings (SSSR count). The van der Waals surface area contributed by atoms with Gasteiger partial charge in [0.2, 0.25) is 11.7 Å². The van der Waals surface area contributed by atoms with Crippen LogP contribution in [0.3, 0.4) is 0 Å². The van der Waals surface area contributed by atoms with Gasteiger partial charge in [-0.2, -0.15) is 0 Å². The highest BCUT2D eigenvalue weighted by molar-refractivity contribution is 5.91. The molecule has 1 aromatic rings. The van der Waals surface area contributed by atoms with Gasteiger partial charge in [-0.15, -0.1) is 0 Å². The summed E-state index contributed by atoms with van der Waals surface area (Å²) < 4.78 is 9.63. The van der Waals surface area contributed by atoms with E-state index in [1.807, 2.05) is 4.90 Å². The monoisotopic (exact) mass is 267 g/mol. The van der Waals surface area contributed by atoms with Crippen molar-refractivity contribution in [3.8, 4) is 5.88 Å². The molecule has 1 N–H and O–H groups in total. The Morgan fingerprint density at radius 1 is 1.63 bits per heavy atom. The van der Waals surface area contributed by atoms with Crippen LogP contribution in [0.25, 0.3) is 0 Å². The minimum absolute atomic E-state index is 0.120. The van der Waals surface area contributed by atoms with Crippen molar-refractivity contribution >= 4 is 11.8 Å². The smallest absolute Gasteiger partial charge is 0.290 e. The molecule has 1 aliphatic heterocycles. The molecule has 1 aromatic heterocycles. The molecule has 0 unspecified atom stereocenters. The fourth-order valence-corrected chi connectivity index (χ4v) is 1.96. The zero-order valence-electron chi connectivity index (χ0n) is 10.8. The molecule has 19 heavy (non-hydrogen) atoms. The number of aromatic nitrogens is 1. The third kappa shape index (κ3) is 3.46. The summed E-state index contributed by atoms with van der Waals surface area (Å²) in [6.07, 6.45) is 2.30. The largest absolute Gasteiger partial charge is 0.479 e. The van der Waals surface area contributed by atoms with Crippen LogP contribution in [0.1, 0.15) is 29.8 Å². The molecule has 7 heteroatoms. The highest BCUT2D eigenvalue weighted by atomic mass is 16.5. The summed E-state index contributed by atoms with van der Waals surface area (Å²) in [6.45, 7) is 2.00. The van der Waals surface area contributed by atoms with Gasteiger partial charge in [0, 0.05) is 26.1 Å². The number of ether oxygens (including phenoxy) is 1. The lowest BCUT2D eigenvalue weighted by atomic mass is 10.3. The highest BCUT2D eigenvalue weighted by Crippen LogP contribution is 2.11. The molecule has 2 heterocycles. The van der Waals surface area contributed by atoms with Crippen LogP contribution in [0.15, 0.2) is 10.6 Å². The topological polar surface area (TPSA) is 84.7 Å². The van der Waals surface area contributed by atoms with Crippen molar-refractivity contribution in [2.24, 2.45) is 0 Å². The second-order valence-corrected chi connectivity index (χ2v) is 4.33. The van der Waals surface area contributed by atoms with E-state index in [1.165, 1.54) is 13.2 Å². The van der Waals surface area contributed by atoms with Gasteiger partial charge in [0.1, 0.15) is 0 Å². The average Bonchev–Trinajstić information content (AvgIpc) is 3.03. The van der Waals surface area contributed by atoms with Gasteiger partial charge in [0.15, 0.2) is 0 Å². The van der Waals surface area contributed by atoms with E-state index < -0.39 is 0 Å². The van der Waals surface area contributed by atoms with Crippen LogP contribution >= 0.6 is 0 Å². The van der Waals surface area contributed by atoms with E-state index in [4.69, 9.17) is 9.26 Å². The average molecular weight is 267 g/mol. The first kappa shape index (κ1) is 13.4. The summed E-state index contributed by atoms with van der Waals surface area (Å²) in [4.78, 5) is 24.8. The molecule has 0 bridgehead atoms. The Morgan fingerprint density at radius 2 is 2.47 bits per heavy atom. The van der Waals surface area contributed by atoms with E-state index in [0.29, 0.717) is 19.5 Å². The molecule has 0 atom stereocenters. The Hall–Kier alpha value is -2.05. The lowest BCUT2D eigenvalue weighted by Crippen LogP contribution is -2.30. The molecule has 1 fully saturated rings. The summed E-state index contributed by atoms with van der Waals surface area (Å²) in [6, 6.07) is 1.43. The van der Waals surface area contributed by atoms with Gasteiger partial charge in [-0.1, -0.05) is 0 Å². The maximum atomic E-state index is 11.7. The van der Waals surface area contributed by atoms with Crippen molar-refractivity contribution in [3.63, 3.8) is 0 Å². The van der Waals surface area contributed by atoms with Crippen molar-refractivity contribution in [2.75, 3.05) is 26.7 Å². The Bertz CT molecular complexity index is 458. The van der Waals surface area contributed by atoms with Crippen molar-refractivity contribution in [1.82, 2.24) is 15.4 Å². The molecule has 0 spiro atoms. The zero-order chi connectivity index (χ0) is 13.7. The van der Waals surface area contributed by atoms with E-state index >= 15 is 0 Å². The number of nitrogens with one attached hydrogen (secondary N) is 1. The van der Waals surface area contributed by atoms with Crippen molar-refractivity contribution in [1.29, 1.82) is 0 Å². The number of carbonyl (C=O) groups is 2. The van der Waals surface area contributed by atoms with Crippen LogP contribution in [0.4, 0.5) is 0 Å². The fraction of sp³-hybridized carbons (Fsp3) is 0.583. The molecule has 1 aliphatic rings. The van der Waals surface area contributed by atoms with Crippen LogP contribution in [0.2, 0.25) is 0 Å². The number of nitrogens with zero attached hydrogens (tertiary/aromatic N) is 2. The number of hydrogen-bond donors (Lipinski definition) is 1. The Labute approximate surface area is 110 Å².